The number of nitro benzene ring substituents is 1. The topological polar surface area (TPSA) is 141 Å². The number of nitrogens with zero attached hydrogens (tertiary/aromatic N) is 2. The molecule has 0 fully saturated rings. The zero-order valence-corrected chi connectivity index (χ0v) is 12.9. The van der Waals surface area contributed by atoms with Crippen molar-refractivity contribution in [2.45, 2.75) is 18.3 Å². The predicted molar refractivity (Wildman–Crippen MR) is 80.0 cm³/mol. The van der Waals surface area contributed by atoms with E-state index in [0.717, 1.165) is 12.1 Å². The van der Waals surface area contributed by atoms with Gasteiger partial charge in [-0.15, -0.1) is 0 Å². The summed E-state index contributed by atoms with van der Waals surface area (Å²) in [5.74, 6) is -1.04. The quantitative estimate of drug-likeness (QED) is 0.442. The first-order chi connectivity index (χ1) is 12.1. The van der Waals surface area contributed by atoms with Gasteiger partial charge in [0.1, 0.15) is 11.8 Å². The van der Waals surface area contributed by atoms with Crippen LogP contribution in [0.4, 0.5) is 18.9 Å². The number of nitrogens with one attached hydrogen (secondary N) is 2. The van der Waals surface area contributed by atoms with Gasteiger partial charge in [0.05, 0.1) is 17.6 Å². The molecule has 4 N–H and O–H groups in total. The number of halogens is 3. The van der Waals surface area contributed by atoms with E-state index in [9.17, 15) is 38.3 Å². The molecule has 0 radical (unpaired) electrons. The summed E-state index contributed by atoms with van der Waals surface area (Å²) >= 11 is 0. The molecule has 12 heteroatoms. The van der Waals surface area contributed by atoms with Gasteiger partial charge in [-0.1, -0.05) is 0 Å². The van der Waals surface area contributed by atoms with Gasteiger partial charge in [0.2, 0.25) is 0 Å². The Morgan fingerprint density at radius 2 is 1.96 bits per heavy atom. The Hall–Kier alpha value is -2.99. The Morgan fingerprint density at radius 3 is 2.42 bits per heavy atom. The lowest BCUT2D eigenvalue weighted by molar-refractivity contribution is -0.384. The molecule has 0 spiro atoms. The Labute approximate surface area is 143 Å². The Bertz CT molecular complexity index is 791. The molecule has 26 heavy (non-hydrogen) atoms. The van der Waals surface area contributed by atoms with E-state index in [1.165, 1.54) is 12.1 Å². The summed E-state index contributed by atoms with van der Waals surface area (Å²) in [6, 6.07) is 3.93. The van der Waals surface area contributed by atoms with Crippen molar-refractivity contribution < 1.29 is 33.1 Å². The largest absolute Gasteiger partial charge is 0.432 e. The number of nitro groups is 1. The molecule has 2 unspecified atom stereocenters. The van der Waals surface area contributed by atoms with E-state index >= 15 is 0 Å². The fourth-order valence-electron chi connectivity index (χ4n) is 2.08. The van der Waals surface area contributed by atoms with E-state index < -0.39 is 47.1 Å². The van der Waals surface area contributed by atoms with Crippen molar-refractivity contribution in [2.24, 2.45) is 0 Å². The lowest BCUT2D eigenvalue weighted by Crippen LogP contribution is -2.42. The van der Waals surface area contributed by atoms with Crippen LogP contribution < -0.4 is 5.32 Å². The number of amides is 1. The number of alkyl halides is 3. The second-order valence-corrected chi connectivity index (χ2v) is 5.22. The van der Waals surface area contributed by atoms with Gasteiger partial charge in [0.15, 0.2) is 5.69 Å². The molecule has 1 aromatic carbocycles. The van der Waals surface area contributed by atoms with E-state index in [4.69, 9.17) is 0 Å². The molecule has 2 atom stereocenters. The van der Waals surface area contributed by atoms with Crippen molar-refractivity contribution in [3.8, 4) is 0 Å². The van der Waals surface area contributed by atoms with Crippen molar-refractivity contribution in [2.75, 3.05) is 6.61 Å². The Morgan fingerprint density at radius 1 is 1.35 bits per heavy atom. The SMILES string of the molecule is O=C(NC(CO)C(O)c1ccc([N+](=O)[O-])cc1)c1cc(C(F)(F)F)[nH]n1. The highest BCUT2D eigenvalue weighted by Gasteiger charge is 2.34. The molecule has 1 heterocycles. The number of aromatic nitrogens is 2. The minimum absolute atomic E-state index is 0.160. The molecule has 0 saturated carbocycles. The Kier molecular flexibility index (Phi) is 5.57. The molecule has 2 aromatic rings. The number of carbonyl (C=O) groups is 1. The van der Waals surface area contributed by atoms with Crippen LogP contribution in [0.5, 0.6) is 0 Å². The smallest absolute Gasteiger partial charge is 0.394 e. The maximum absolute atomic E-state index is 12.5. The maximum Gasteiger partial charge on any atom is 0.432 e. The van der Waals surface area contributed by atoms with Crippen molar-refractivity contribution in [1.29, 1.82) is 0 Å². The van der Waals surface area contributed by atoms with Crippen LogP contribution in [0.25, 0.3) is 0 Å². The summed E-state index contributed by atoms with van der Waals surface area (Å²) in [4.78, 5) is 21.9. The summed E-state index contributed by atoms with van der Waals surface area (Å²) in [7, 11) is 0. The van der Waals surface area contributed by atoms with E-state index in [1.54, 1.807) is 5.10 Å². The van der Waals surface area contributed by atoms with Crippen molar-refractivity contribution in [3.05, 3.63) is 57.4 Å². The van der Waals surface area contributed by atoms with Crippen LogP contribution in [-0.4, -0.2) is 43.9 Å². The van der Waals surface area contributed by atoms with Gasteiger partial charge in [-0.3, -0.25) is 20.0 Å². The van der Waals surface area contributed by atoms with Gasteiger partial charge in [-0.05, 0) is 17.7 Å². The third-order valence-electron chi connectivity index (χ3n) is 3.46. The molecule has 9 nitrogen and oxygen atoms in total. The number of aliphatic hydroxyl groups excluding tert-OH is 2. The van der Waals surface area contributed by atoms with Gasteiger partial charge in [-0.2, -0.15) is 18.3 Å². The highest BCUT2D eigenvalue weighted by atomic mass is 19.4. The van der Waals surface area contributed by atoms with E-state index in [-0.39, 0.29) is 11.3 Å². The maximum atomic E-state index is 12.5. The standard InChI is InChI=1S/C14H13F3N4O5/c15-14(16,17)11-5-9(19-20-11)13(24)18-10(6-22)12(23)7-1-3-8(4-2-7)21(25)26/h1-5,10,12,22-23H,6H2,(H,18,24)(H,19,20). The highest BCUT2D eigenvalue weighted by molar-refractivity contribution is 5.92. The second-order valence-electron chi connectivity index (χ2n) is 5.22. The van der Waals surface area contributed by atoms with Gasteiger partial charge in [-0.25, -0.2) is 0 Å². The van der Waals surface area contributed by atoms with Gasteiger partial charge in [0.25, 0.3) is 11.6 Å². The molecule has 0 saturated heterocycles. The van der Waals surface area contributed by atoms with Gasteiger partial charge in [0, 0.05) is 18.2 Å². The minimum atomic E-state index is -4.71. The molecule has 140 valence electrons. The van der Waals surface area contributed by atoms with Crippen molar-refractivity contribution in [3.63, 3.8) is 0 Å². The number of hydrogen-bond acceptors (Lipinski definition) is 6. The molecule has 2 rings (SSSR count). The highest BCUT2D eigenvalue weighted by Crippen LogP contribution is 2.27. The lowest BCUT2D eigenvalue weighted by Gasteiger charge is -2.22. The first-order valence-corrected chi connectivity index (χ1v) is 7.10. The van der Waals surface area contributed by atoms with Crippen LogP contribution in [0.1, 0.15) is 27.8 Å². The fraction of sp³-hybridized carbons (Fsp3) is 0.286. The molecule has 1 amide bonds. The third-order valence-corrected chi connectivity index (χ3v) is 3.46. The van der Waals surface area contributed by atoms with E-state index in [0.29, 0.717) is 6.07 Å². The minimum Gasteiger partial charge on any atom is -0.394 e. The second kappa shape index (κ2) is 7.49. The van der Waals surface area contributed by atoms with Crippen LogP contribution >= 0.6 is 0 Å². The molecule has 0 aliphatic rings. The number of carbonyl (C=O) groups excluding carboxylic acids is 1. The third kappa shape index (κ3) is 4.34. The number of hydrogen-bond donors (Lipinski definition) is 4. The van der Waals surface area contributed by atoms with Crippen molar-refractivity contribution >= 4 is 11.6 Å². The summed E-state index contributed by atoms with van der Waals surface area (Å²) in [6.45, 7) is -0.736. The van der Waals surface area contributed by atoms with Gasteiger partial charge < -0.3 is 15.5 Å². The summed E-state index contributed by atoms with van der Waals surface area (Å²) in [6.07, 6.45) is -6.16. The average molecular weight is 374 g/mol. The Balaban J connectivity index is 2.11. The number of non-ortho nitro benzene ring substituents is 1. The molecule has 1 aromatic heterocycles. The van der Waals surface area contributed by atoms with Crippen LogP contribution in [0, 0.1) is 10.1 Å². The number of aliphatic hydroxyl groups is 2. The molecule has 0 aliphatic heterocycles. The first kappa shape index (κ1) is 19.3. The van der Waals surface area contributed by atoms with Gasteiger partial charge >= 0.3 is 6.18 Å². The monoisotopic (exact) mass is 374 g/mol. The van der Waals surface area contributed by atoms with Crippen molar-refractivity contribution in [1.82, 2.24) is 15.5 Å². The van der Waals surface area contributed by atoms with E-state index in [2.05, 4.69) is 10.4 Å². The predicted octanol–water partition coefficient (Wildman–Crippen LogP) is 1.16. The number of H-pyrrole nitrogens is 1. The zero-order chi connectivity index (χ0) is 19.5. The fourth-order valence-corrected chi connectivity index (χ4v) is 2.08. The number of benzene rings is 1. The summed E-state index contributed by atoms with van der Waals surface area (Å²) in [5.41, 5.74) is -1.86. The van der Waals surface area contributed by atoms with E-state index in [1.807, 2.05) is 0 Å². The lowest BCUT2D eigenvalue weighted by atomic mass is 10.0. The summed E-state index contributed by atoms with van der Waals surface area (Å²) < 4.78 is 37.5. The molecular weight excluding hydrogens is 361 g/mol. The zero-order valence-electron chi connectivity index (χ0n) is 12.9. The van der Waals surface area contributed by atoms with Crippen LogP contribution in [-0.2, 0) is 6.18 Å². The molecular formula is C14H13F3N4O5. The van der Waals surface area contributed by atoms with Crippen LogP contribution in [0.2, 0.25) is 0 Å². The average Bonchev–Trinajstić information content (AvgIpc) is 3.09. The molecule has 0 bridgehead atoms. The molecule has 0 aliphatic carbocycles. The first-order valence-electron chi connectivity index (χ1n) is 7.10. The van der Waals surface area contributed by atoms with Crippen LogP contribution in [0.15, 0.2) is 30.3 Å². The number of rotatable bonds is 6. The summed E-state index contributed by atoms with van der Waals surface area (Å²) in [5, 5.41) is 37.2. The number of aromatic amines is 1. The van der Waals surface area contributed by atoms with Crippen LogP contribution in [0.3, 0.4) is 0 Å². The normalized spacial score (nSPS) is 13.9.